The molecule has 5 aromatic rings. The van der Waals surface area contributed by atoms with Crippen LogP contribution in [0.25, 0.3) is 27.8 Å². The largest absolute Gasteiger partial charge is 0.319 e. The van der Waals surface area contributed by atoms with E-state index in [4.69, 9.17) is 11.6 Å². The summed E-state index contributed by atoms with van der Waals surface area (Å²) < 4.78 is 15.0. The summed E-state index contributed by atoms with van der Waals surface area (Å²) in [5.74, 6) is -0.402. The standard InChI is InChI=1S/C25H16ClFN4O/c26-19-8-13-22(14-9-19)31-24(17-5-10-20(27)11-6-17)29-23(30-31)25(32)28-21-12-7-16-3-1-2-4-18(16)15-21/h1-15H,(H,28,32). The highest BCUT2D eigenvalue weighted by atomic mass is 35.5. The molecule has 0 aliphatic rings. The van der Waals surface area contributed by atoms with E-state index in [0.717, 1.165) is 10.8 Å². The van der Waals surface area contributed by atoms with Gasteiger partial charge in [0, 0.05) is 16.3 Å². The molecule has 1 aromatic heterocycles. The van der Waals surface area contributed by atoms with E-state index in [2.05, 4.69) is 15.4 Å². The fourth-order valence-electron chi connectivity index (χ4n) is 3.41. The Hall–Kier alpha value is -4.03. The van der Waals surface area contributed by atoms with Crippen molar-refractivity contribution in [2.75, 3.05) is 5.32 Å². The number of carbonyl (C=O) groups is 1. The van der Waals surface area contributed by atoms with Crippen LogP contribution in [-0.2, 0) is 0 Å². The number of rotatable bonds is 4. The summed E-state index contributed by atoms with van der Waals surface area (Å²) >= 11 is 6.01. The first-order valence-electron chi connectivity index (χ1n) is 9.86. The second-order valence-corrected chi connectivity index (χ2v) is 7.61. The van der Waals surface area contributed by atoms with Gasteiger partial charge in [0.1, 0.15) is 5.82 Å². The number of fused-ring (bicyclic) bond motifs is 1. The van der Waals surface area contributed by atoms with Crippen molar-refractivity contribution in [3.8, 4) is 17.1 Å². The lowest BCUT2D eigenvalue weighted by atomic mass is 10.1. The Bertz CT molecular complexity index is 1370. The predicted octanol–water partition coefficient (Wildman–Crippen LogP) is 6.13. The lowest BCUT2D eigenvalue weighted by Gasteiger charge is -2.06. The molecule has 1 N–H and O–H groups in total. The van der Waals surface area contributed by atoms with Crippen LogP contribution in [-0.4, -0.2) is 20.7 Å². The van der Waals surface area contributed by atoms with Crippen LogP contribution in [0.2, 0.25) is 5.02 Å². The topological polar surface area (TPSA) is 59.8 Å². The number of carbonyl (C=O) groups excluding carboxylic acids is 1. The molecule has 0 saturated heterocycles. The summed E-state index contributed by atoms with van der Waals surface area (Å²) in [6.07, 6.45) is 0. The lowest BCUT2D eigenvalue weighted by Crippen LogP contribution is -2.14. The van der Waals surface area contributed by atoms with Gasteiger partial charge in [0.25, 0.3) is 5.91 Å². The highest BCUT2D eigenvalue weighted by molar-refractivity contribution is 6.30. The van der Waals surface area contributed by atoms with E-state index >= 15 is 0 Å². The normalized spacial score (nSPS) is 10.9. The lowest BCUT2D eigenvalue weighted by molar-refractivity contribution is 0.101. The number of nitrogens with zero attached hydrogens (tertiary/aromatic N) is 3. The van der Waals surface area contributed by atoms with E-state index in [0.29, 0.717) is 27.8 Å². The van der Waals surface area contributed by atoms with Crippen molar-refractivity contribution in [1.82, 2.24) is 14.8 Å². The highest BCUT2D eigenvalue weighted by Gasteiger charge is 2.19. The maximum absolute atomic E-state index is 13.4. The molecule has 4 aromatic carbocycles. The fourth-order valence-corrected chi connectivity index (χ4v) is 3.54. The van der Waals surface area contributed by atoms with Gasteiger partial charge in [-0.25, -0.2) is 14.1 Å². The summed E-state index contributed by atoms with van der Waals surface area (Å²) in [5, 5.41) is 9.94. The van der Waals surface area contributed by atoms with Gasteiger partial charge in [-0.05, 0) is 71.4 Å². The van der Waals surface area contributed by atoms with Crippen LogP contribution in [0, 0.1) is 5.82 Å². The quantitative estimate of drug-likeness (QED) is 0.364. The molecule has 0 saturated carbocycles. The van der Waals surface area contributed by atoms with Crippen LogP contribution in [0.3, 0.4) is 0 Å². The molecule has 0 atom stereocenters. The first-order valence-corrected chi connectivity index (χ1v) is 10.2. The third-order valence-corrected chi connectivity index (χ3v) is 5.24. The van der Waals surface area contributed by atoms with Crippen molar-refractivity contribution in [1.29, 1.82) is 0 Å². The Morgan fingerprint density at radius 3 is 2.34 bits per heavy atom. The van der Waals surface area contributed by atoms with Crippen LogP contribution in [0.1, 0.15) is 10.6 Å². The van der Waals surface area contributed by atoms with Gasteiger partial charge >= 0.3 is 0 Å². The monoisotopic (exact) mass is 442 g/mol. The first kappa shape index (κ1) is 19.9. The average molecular weight is 443 g/mol. The third kappa shape index (κ3) is 3.96. The molecule has 1 heterocycles. The predicted molar refractivity (Wildman–Crippen MR) is 124 cm³/mol. The summed E-state index contributed by atoms with van der Waals surface area (Å²) in [6.45, 7) is 0. The molecule has 0 fully saturated rings. The number of hydrogen-bond acceptors (Lipinski definition) is 3. The van der Waals surface area contributed by atoms with Gasteiger partial charge in [-0.1, -0.05) is 41.9 Å². The van der Waals surface area contributed by atoms with Gasteiger partial charge in [0.2, 0.25) is 5.82 Å². The number of anilines is 1. The Morgan fingerprint density at radius 1 is 0.875 bits per heavy atom. The van der Waals surface area contributed by atoms with Crippen molar-refractivity contribution < 1.29 is 9.18 Å². The molecule has 0 aliphatic carbocycles. The fraction of sp³-hybridized carbons (Fsp3) is 0. The minimum absolute atomic E-state index is 0.00701. The maximum atomic E-state index is 13.4. The van der Waals surface area contributed by atoms with E-state index in [9.17, 15) is 9.18 Å². The van der Waals surface area contributed by atoms with Crippen molar-refractivity contribution in [3.05, 3.63) is 108 Å². The summed E-state index contributed by atoms with van der Waals surface area (Å²) in [6, 6.07) is 26.4. The van der Waals surface area contributed by atoms with Crippen LogP contribution in [0.4, 0.5) is 10.1 Å². The highest BCUT2D eigenvalue weighted by Crippen LogP contribution is 2.24. The number of nitrogens with one attached hydrogen (secondary N) is 1. The van der Waals surface area contributed by atoms with Gasteiger partial charge in [0.15, 0.2) is 5.82 Å². The summed E-state index contributed by atoms with van der Waals surface area (Å²) in [5.41, 5.74) is 1.93. The third-order valence-electron chi connectivity index (χ3n) is 4.99. The number of benzene rings is 4. The molecule has 0 bridgehead atoms. The van der Waals surface area contributed by atoms with Crippen molar-refractivity contribution in [2.45, 2.75) is 0 Å². The first-order chi connectivity index (χ1) is 15.6. The second kappa shape index (κ2) is 8.24. The average Bonchev–Trinajstić information content (AvgIpc) is 3.26. The molecule has 5 nitrogen and oxygen atoms in total. The van der Waals surface area contributed by atoms with E-state index < -0.39 is 5.91 Å². The molecular weight excluding hydrogens is 427 g/mol. The molecule has 32 heavy (non-hydrogen) atoms. The van der Waals surface area contributed by atoms with Crippen LogP contribution >= 0.6 is 11.6 Å². The van der Waals surface area contributed by atoms with Crippen molar-refractivity contribution in [2.24, 2.45) is 0 Å². The van der Waals surface area contributed by atoms with E-state index in [1.54, 1.807) is 41.1 Å². The van der Waals surface area contributed by atoms with Gasteiger partial charge in [-0.3, -0.25) is 4.79 Å². The second-order valence-electron chi connectivity index (χ2n) is 7.17. The summed E-state index contributed by atoms with van der Waals surface area (Å²) in [7, 11) is 0. The van der Waals surface area contributed by atoms with E-state index in [1.165, 1.54) is 12.1 Å². The van der Waals surface area contributed by atoms with Gasteiger partial charge in [0.05, 0.1) is 5.69 Å². The minimum atomic E-state index is -0.448. The smallest absolute Gasteiger partial charge is 0.295 e. The summed E-state index contributed by atoms with van der Waals surface area (Å²) in [4.78, 5) is 17.4. The zero-order chi connectivity index (χ0) is 22.1. The van der Waals surface area contributed by atoms with Crippen LogP contribution in [0.15, 0.2) is 91.0 Å². The molecule has 1 amide bonds. The van der Waals surface area contributed by atoms with Gasteiger partial charge in [-0.2, -0.15) is 0 Å². The number of hydrogen-bond donors (Lipinski definition) is 1. The molecule has 0 radical (unpaired) electrons. The van der Waals surface area contributed by atoms with Crippen LogP contribution < -0.4 is 5.32 Å². The molecule has 0 unspecified atom stereocenters. The molecular formula is C25H16ClFN4O. The van der Waals surface area contributed by atoms with E-state index in [-0.39, 0.29) is 11.6 Å². The minimum Gasteiger partial charge on any atom is -0.319 e. The molecule has 7 heteroatoms. The molecule has 156 valence electrons. The van der Waals surface area contributed by atoms with Crippen LogP contribution in [0.5, 0.6) is 0 Å². The van der Waals surface area contributed by atoms with Crippen molar-refractivity contribution >= 4 is 34.0 Å². The van der Waals surface area contributed by atoms with Gasteiger partial charge in [-0.15, -0.1) is 5.10 Å². The van der Waals surface area contributed by atoms with E-state index in [1.807, 2.05) is 42.5 Å². The Morgan fingerprint density at radius 2 is 1.59 bits per heavy atom. The number of aromatic nitrogens is 3. The molecule has 0 spiro atoms. The Balaban J connectivity index is 1.52. The Labute approximate surface area is 188 Å². The molecule has 0 aliphatic heterocycles. The van der Waals surface area contributed by atoms with Crippen molar-refractivity contribution in [3.63, 3.8) is 0 Å². The number of halogens is 2. The zero-order valence-corrected chi connectivity index (χ0v) is 17.4. The molecule has 5 rings (SSSR count). The van der Waals surface area contributed by atoms with Gasteiger partial charge < -0.3 is 5.32 Å². The maximum Gasteiger partial charge on any atom is 0.295 e. The SMILES string of the molecule is O=C(Nc1ccc2ccccc2c1)c1nc(-c2ccc(F)cc2)n(-c2ccc(Cl)cc2)n1. The Kier molecular flexibility index (Phi) is 5.13. The zero-order valence-electron chi connectivity index (χ0n) is 16.7. The number of amides is 1.